The predicted octanol–water partition coefficient (Wildman–Crippen LogP) is 22.8. The summed E-state index contributed by atoms with van der Waals surface area (Å²) < 4.78 is 68.4. The highest BCUT2D eigenvalue weighted by molar-refractivity contribution is 7.47. The second-order valence-electron chi connectivity index (χ2n) is 26.3. The van der Waals surface area contributed by atoms with E-state index < -0.39 is 97.5 Å². The zero-order chi connectivity index (χ0) is 73.2. The third-order valence-corrected chi connectivity index (χ3v) is 18.4. The van der Waals surface area contributed by atoms with Gasteiger partial charge in [-0.2, -0.15) is 0 Å². The van der Waals surface area contributed by atoms with Gasteiger partial charge in [-0.1, -0.05) is 292 Å². The number of aliphatic hydroxyl groups is 1. The first kappa shape index (κ1) is 96.0. The molecule has 0 fully saturated rings. The molecule has 0 aromatic heterocycles. The van der Waals surface area contributed by atoms with E-state index in [-0.39, 0.29) is 25.7 Å². The summed E-state index contributed by atoms with van der Waals surface area (Å²) in [6.07, 6.45) is 76.9. The van der Waals surface area contributed by atoms with Crippen molar-refractivity contribution in [3.05, 3.63) is 97.2 Å². The van der Waals surface area contributed by atoms with Crippen molar-refractivity contribution < 1.29 is 80.2 Å². The standard InChI is InChI=1S/C81H142O17P2/c1-5-9-13-17-21-25-29-33-35-36-37-38-40-44-46-50-54-58-62-66-79(84)92-72-77(98-81(86)68-64-60-56-52-48-42-32-28-24-20-16-12-8-4)74-96-100(89,90)94-70-75(82)69-93-99(87,88)95-73-76(97-80(85)67-63-59-55-51-47-41-31-27-23-19-15-11-7-3)71-91-78(83)65-61-57-53-49-45-43-39-34-30-26-22-18-14-10-6-2/h9,13,21,25,27-28,31-33,35,37-38,44,46,54,58,75-77,82H,5-8,10-12,14-20,22-24,26,29-30,34,36,39-43,45,47-53,55-57,59-74H2,1-4H3,(H,87,88)(H,89,90)/b13-9-,25-21-,31-27-,32-28-,35-33-,38-37-,46-44-,58-54-. The number of rotatable bonds is 74. The maximum absolute atomic E-state index is 13.1. The van der Waals surface area contributed by atoms with Crippen LogP contribution in [0.25, 0.3) is 0 Å². The largest absolute Gasteiger partial charge is 0.472 e. The molecule has 0 aromatic rings. The molecule has 17 nitrogen and oxygen atoms in total. The van der Waals surface area contributed by atoms with Gasteiger partial charge < -0.3 is 33.8 Å². The lowest BCUT2D eigenvalue weighted by atomic mass is 10.0. The Morgan fingerprint density at radius 1 is 0.290 bits per heavy atom. The molecule has 0 aliphatic carbocycles. The van der Waals surface area contributed by atoms with Crippen molar-refractivity contribution in [2.45, 2.75) is 354 Å². The molecule has 0 amide bonds. The van der Waals surface area contributed by atoms with Crippen LogP contribution in [0, 0.1) is 0 Å². The van der Waals surface area contributed by atoms with Gasteiger partial charge in [0.15, 0.2) is 12.2 Å². The quantitative estimate of drug-likeness (QED) is 0.0169. The molecule has 0 rings (SSSR count). The normalized spacial score (nSPS) is 14.4. The average Bonchev–Trinajstić information content (AvgIpc) is 0.935. The van der Waals surface area contributed by atoms with Crippen LogP contribution in [0.2, 0.25) is 0 Å². The van der Waals surface area contributed by atoms with E-state index >= 15 is 0 Å². The van der Waals surface area contributed by atoms with Crippen molar-refractivity contribution in [3.63, 3.8) is 0 Å². The Kier molecular flexibility index (Phi) is 70.4. The van der Waals surface area contributed by atoms with Gasteiger partial charge in [-0.05, 0) is 116 Å². The van der Waals surface area contributed by atoms with E-state index in [1.807, 2.05) is 18.2 Å². The highest BCUT2D eigenvalue weighted by atomic mass is 31.2. The first-order valence-electron chi connectivity index (χ1n) is 39.5. The fourth-order valence-electron chi connectivity index (χ4n) is 10.5. The fraction of sp³-hybridized carbons (Fsp3) is 0.753. The topological polar surface area (TPSA) is 237 Å². The van der Waals surface area contributed by atoms with Crippen molar-refractivity contribution in [1.82, 2.24) is 0 Å². The Labute approximate surface area is 607 Å². The number of carbonyl (C=O) groups excluding carboxylic acids is 4. The molecule has 5 atom stereocenters. The number of esters is 4. The van der Waals surface area contributed by atoms with Gasteiger partial charge in [-0.3, -0.25) is 37.3 Å². The molecule has 0 aliphatic heterocycles. The van der Waals surface area contributed by atoms with Gasteiger partial charge in [0.1, 0.15) is 19.3 Å². The summed E-state index contributed by atoms with van der Waals surface area (Å²) in [6, 6.07) is 0. The number of aliphatic hydroxyl groups excluding tert-OH is 1. The Morgan fingerprint density at radius 3 is 0.870 bits per heavy atom. The zero-order valence-corrected chi connectivity index (χ0v) is 64.9. The van der Waals surface area contributed by atoms with E-state index in [0.717, 1.165) is 128 Å². The summed E-state index contributed by atoms with van der Waals surface area (Å²) in [5.74, 6) is -2.27. The summed E-state index contributed by atoms with van der Waals surface area (Å²) in [7, 11) is -9.97. The van der Waals surface area contributed by atoms with E-state index in [4.69, 9.17) is 37.0 Å². The van der Waals surface area contributed by atoms with Gasteiger partial charge in [0.05, 0.1) is 26.4 Å². The highest BCUT2D eigenvalue weighted by Gasteiger charge is 2.30. The summed E-state index contributed by atoms with van der Waals surface area (Å²) in [5, 5.41) is 10.6. The van der Waals surface area contributed by atoms with E-state index in [2.05, 4.69) is 107 Å². The smallest absolute Gasteiger partial charge is 0.462 e. The molecular weight excluding hydrogens is 1310 g/mol. The number of hydrogen-bond acceptors (Lipinski definition) is 15. The molecule has 5 unspecified atom stereocenters. The number of allylic oxidation sites excluding steroid dienone is 16. The van der Waals surface area contributed by atoms with Crippen molar-refractivity contribution >= 4 is 39.5 Å². The monoisotopic (exact) mass is 1450 g/mol. The van der Waals surface area contributed by atoms with E-state index in [9.17, 15) is 43.2 Å². The van der Waals surface area contributed by atoms with Crippen molar-refractivity contribution in [2.75, 3.05) is 39.6 Å². The third-order valence-electron chi connectivity index (χ3n) is 16.5. The highest BCUT2D eigenvalue weighted by Crippen LogP contribution is 2.45. The van der Waals surface area contributed by atoms with Crippen LogP contribution >= 0.6 is 15.6 Å². The van der Waals surface area contributed by atoms with Gasteiger partial charge >= 0.3 is 39.5 Å². The lowest BCUT2D eigenvalue weighted by Gasteiger charge is -2.21. The number of carbonyl (C=O) groups is 4. The van der Waals surface area contributed by atoms with Crippen LogP contribution in [0.4, 0.5) is 0 Å². The van der Waals surface area contributed by atoms with Crippen molar-refractivity contribution in [1.29, 1.82) is 0 Å². The zero-order valence-electron chi connectivity index (χ0n) is 63.1. The maximum atomic E-state index is 13.1. The third kappa shape index (κ3) is 72.3. The SMILES string of the molecule is CC/C=C\C/C=C\C/C=C\C/C=C\C/C=C\C/C=C\CCC(=O)OCC(COP(=O)(O)OCC(O)COP(=O)(O)OCC(COC(=O)CCCCCCCCCCCCCCCCC)OC(=O)CCCCCCC/C=C\CCCCCC)OC(=O)CCCCCCC/C=C\CCCCCC. The minimum Gasteiger partial charge on any atom is -0.462 e. The number of phosphoric ester groups is 2. The molecule has 19 heteroatoms. The van der Waals surface area contributed by atoms with Crippen molar-refractivity contribution in [2.24, 2.45) is 0 Å². The van der Waals surface area contributed by atoms with E-state index in [1.54, 1.807) is 0 Å². The van der Waals surface area contributed by atoms with E-state index in [1.165, 1.54) is 122 Å². The van der Waals surface area contributed by atoms with Crippen LogP contribution in [-0.4, -0.2) is 96.7 Å². The molecule has 0 saturated carbocycles. The van der Waals surface area contributed by atoms with Gasteiger partial charge in [0.2, 0.25) is 0 Å². The number of hydrogen-bond donors (Lipinski definition) is 3. The maximum Gasteiger partial charge on any atom is 0.472 e. The number of phosphoric acid groups is 2. The summed E-state index contributed by atoms with van der Waals surface area (Å²) in [5.41, 5.74) is 0. The minimum absolute atomic E-state index is 0.0349. The van der Waals surface area contributed by atoms with Crippen LogP contribution in [0.1, 0.15) is 336 Å². The first-order chi connectivity index (χ1) is 48.7. The fourth-order valence-corrected chi connectivity index (χ4v) is 12.1. The molecule has 3 N–H and O–H groups in total. The van der Waals surface area contributed by atoms with Crippen LogP contribution in [-0.2, 0) is 65.4 Å². The van der Waals surface area contributed by atoms with Crippen LogP contribution in [0.5, 0.6) is 0 Å². The van der Waals surface area contributed by atoms with Crippen LogP contribution in [0.15, 0.2) is 97.2 Å². The molecule has 100 heavy (non-hydrogen) atoms. The van der Waals surface area contributed by atoms with Crippen LogP contribution < -0.4 is 0 Å². The molecule has 0 saturated heterocycles. The molecule has 0 spiro atoms. The van der Waals surface area contributed by atoms with E-state index in [0.29, 0.717) is 32.1 Å². The van der Waals surface area contributed by atoms with Crippen molar-refractivity contribution in [3.8, 4) is 0 Å². The summed E-state index contributed by atoms with van der Waals surface area (Å²) in [6.45, 7) is 4.66. The minimum atomic E-state index is -4.99. The molecule has 0 radical (unpaired) electrons. The Hall–Kier alpha value is -4.02. The molecular formula is C81H142O17P2. The molecule has 0 heterocycles. The number of unbranched alkanes of at least 4 members (excludes halogenated alkanes) is 32. The second-order valence-corrected chi connectivity index (χ2v) is 29.2. The lowest BCUT2D eigenvalue weighted by Crippen LogP contribution is -2.30. The molecule has 0 bridgehead atoms. The Morgan fingerprint density at radius 2 is 0.540 bits per heavy atom. The van der Waals surface area contributed by atoms with Gasteiger partial charge in [-0.15, -0.1) is 0 Å². The van der Waals surface area contributed by atoms with Gasteiger partial charge in [0.25, 0.3) is 0 Å². The van der Waals surface area contributed by atoms with Crippen LogP contribution in [0.3, 0.4) is 0 Å². The molecule has 578 valence electrons. The number of ether oxygens (including phenoxy) is 4. The predicted molar refractivity (Wildman–Crippen MR) is 409 cm³/mol. The Bertz CT molecular complexity index is 2270. The molecule has 0 aromatic carbocycles. The summed E-state index contributed by atoms with van der Waals surface area (Å²) in [4.78, 5) is 72.9. The Balaban J connectivity index is 5.38. The van der Waals surface area contributed by atoms with Gasteiger partial charge in [-0.25, -0.2) is 9.13 Å². The summed E-state index contributed by atoms with van der Waals surface area (Å²) >= 11 is 0. The first-order valence-corrected chi connectivity index (χ1v) is 42.5. The second kappa shape index (κ2) is 73.3. The lowest BCUT2D eigenvalue weighted by molar-refractivity contribution is -0.161. The molecule has 0 aliphatic rings. The van der Waals surface area contributed by atoms with Gasteiger partial charge in [0, 0.05) is 25.7 Å². The average molecular weight is 1450 g/mol.